The summed E-state index contributed by atoms with van der Waals surface area (Å²) in [4.78, 5) is 10.9. The van der Waals surface area contributed by atoms with E-state index >= 15 is 0 Å². The Morgan fingerprint density at radius 2 is 2.20 bits per heavy atom. The molecule has 0 aliphatic rings. The molecule has 0 saturated carbocycles. The standard InChI is InChI=1S/C11H16O4/c1-8(12)3-4-9-5-6-10(15-9)7-11(13)14-2/h5-6,8,12H,3-4,7H2,1-2H3. The third kappa shape index (κ3) is 4.16. The molecular formula is C11H16O4. The Morgan fingerprint density at radius 3 is 2.80 bits per heavy atom. The number of hydrogen-bond donors (Lipinski definition) is 1. The minimum absolute atomic E-state index is 0.158. The molecule has 0 radical (unpaired) electrons. The van der Waals surface area contributed by atoms with Crippen molar-refractivity contribution in [2.45, 2.75) is 32.3 Å². The van der Waals surface area contributed by atoms with Crippen molar-refractivity contribution >= 4 is 5.97 Å². The van der Waals surface area contributed by atoms with Crippen LogP contribution in [0.5, 0.6) is 0 Å². The summed E-state index contributed by atoms with van der Waals surface area (Å²) >= 11 is 0. The van der Waals surface area contributed by atoms with Gasteiger partial charge in [0, 0.05) is 6.42 Å². The lowest BCUT2D eigenvalue weighted by Gasteiger charge is -2.00. The third-order valence-electron chi connectivity index (χ3n) is 2.07. The van der Waals surface area contributed by atoms with Crippen molar-refractivity contribution in [2.24, 2.45) is 0 Å². The van der Waals surface area contributed by atoms with Crippen molar-refractivity contribution < 1.29 is 19.1 Å². The highest BCUT2D eigenvalue weighted by molar-refractivity contribution is 5.71. The maximum absolute atomic E-state index is 10.9. The van der Waals surface area contributed by atoms with Gasteiger partial charge >= 0.3 is 5.97 Å². The van der Waals surface area contributed by atoms with E-state index in [9.17, 15) is 4.79 Å². The van der Waals surface area contributed by atoms with Crippen LogP contribution in [-0.2, 0) is 22.4 Å². The van der Waals surface area contributed by atoms with E-state index in [0.717, 1.165) is 5.76 Å². The predicted molar refractivity (Wildman–Crippen MR) is 54.4 cm³/mol. The fraction of sp³-hybridized carbons (Fsp3) is 0.545. The molecule has 0 aliphatic heterocycles. The molecule has 1 heterocycles. The topological polar surface area (TPSA) is 59.7 Å². The maximum atomic E-state index is 10.9. The second-order valence-corrected chi connectivity index (χ2v) is 3.51. The number of ether oxygens (including phenoxy) is 1. The van der Waals surface area contributed by atoms with Crippen molar-refractivity contribution in [1.82, 2.24) is 0 Å². The van der Waals surface area contributed by atoms with E-state index in [1.165, 1.54) is 7.11 Å². The van der Waals surface area contributed by atoms with E-state index in [-0.39, 0.29) is 18.5 Å². The summed E-state index contributed by atoms with van der Waals surface area (Å²) in [6.07, 6.45) is 1.16. The van der Waals surface area contributed by atoms with Gasteiger partial charge in [0.2, 0.25) is 0 Å². The average molecular weight is 212 g/mol. The number of carbonyl (C=O) groups is 1. The van der Waals surface area contributed by atoms with Gasteiger partial charge in [0.05, 0.1) is 13.2 Å². The summed E-state index contributed by atoms with van der Waals surface area (Å²) in [5.74, 6) is 1.07. The monoisotopic (exact) mass is 212 g/mol. The molecular weight excluding hydrogens is 196 g/mol. The first kappa shape index (κ1) is 11.8. The molecule has 15 heavy (non-hydrogen) atoms. The fourth-order valence-corrected chi connectivity index (χ4v) is 1.22. The molecule has 1 rings (SSSR count). The number of hydrogen-bond acceptors (Lipinski definition) is 4. The summed E-state index contributed by atoms with van der Waals surface area (Å²) in [5.41, 5.74) is 0. The fourth-order valence-electron chi connectivity index (χ4n) is 1.22. The third-order valence-corrected chi connectivity index (χ3v) is 2.07. The number of aliphatic hydroxyl groups is 1. The highest BCUT2D eigenvalue weighted by Gasteiger charge is 2.08. The van der Waals surface area contributed by atoms with E-state index in [1.54, 1.807) is 13.0 Å². The number of aliphatic hydroxyl groups excluding tert-OH is 1. The van der Waals surface area contributed by atoms with E-state index in [0.29, 0.717) is 18.6 Å². The van der Waals surface area contributed by atoms with Crippen LogP contribution in [0, 0.1) is 0 Å². The zero-order chi connectivity index (χ0) is 11.3. The van der Waals surface area contributed by atoms with E-state index < -0.39 is 0 Å². The van der Waals surface area contributed by atoms with Gasteiger partial charge in [-0.15, -0.1) is 0 Å². The maximum Gasteiger partial charge on any atom is 0.313 e. The SMILES string of the molecule is COC(=O)Cc1ccc(CCC(C)O)o1. The zero-order valence-corrected chi connectivity index (χ0v) is 9.03. The summed E-state index contributed by atoms with van der Waals surface area (Å²) in [7, 11) is 1.35. The van der Waals surface area contributed by atoms with Crippen LogP contribution in [0.3, 0.4) is 0 Å². The van der Waals surface area contributed by atoms with E-state index in [4.69, 9.17) is 9.52 Å². The molecule has 1 aromatic heterocycles. The molecule has 4 nitrogen and oxygen atoms in total. The summed E-state index contributed by atoms with van der Waals surface area (Å²) in [6, 6.07) is 3.58. The zero-order valence-electron chi connectivity index (χ0n) is 9.03. The largest absolute Gasteiger partial charge is 0.469 e. The highest BCUT2D eigenvalue weighted by Crippen LogP contribution is 2.11. The summed E-state index contributed by atoms with van der Waals surface area (Å²) < 4.78 is 9.92. The van der Waals surface area contributed by atoms with Crippen molar-refractivity contribution in [2.75, 3.05) is 7.11 Å². The second-order valence-electron chi connectivity index (χ2n) is 3.51. The van der Waals surface area contributed by atoms with Crippen LogP contribution >= 0.6 is 0 Å². The Hall–Kier alpha value is -1.29. The summed E-state index contributed by atoms with van der Waals surface area (Å²) in [5, 5.41) is 9.09. The Labute approximate surface area is 88.8 Å². The van der Waals surface area contributed by atoms with Crippen molar-refractivity contribution in [3.63, 3.8) is 0 Å². The molecule has 0 aromatic carbocycles. The molecule has 4 heteroatoms. The second kappa shape index (κ2) is 5.56. The molecule has 1 unspecified atom stereocenters. The van der Waals surface area contributed by atoms with Gasteiger partial charge in [-0.25, -0.2) is 0 Å². The first-order valence-electron chi connectivity index (χ1n) is 4.94. The van der Waals surface area contributed by atoms with Crippen molar-refractivity contribution in [3.05, 3.63) is 23.7 Å². The van der Waals surface area contributed by atoms with Gasteiger partial charge in [-0.3, -0.25) is 4.79 Å². The molecule has 0 bridgehead atoms. The number of carbonyl (C=O) groups excluding carboxylic acids is 1. The van der Waals surface area contributed by atoms with Crippen molar-refractivity contribution in [1.29, 1.82) is 0 Å². The molecule has 0 aliphatic carbocycles. The van der Waals surface area contributed by atoms with Crippen LogP contribution in [-0.4, -0.2) is 24.3 Å². The van der Waals surface area contributed by atoms with Gasteiger partial charge < -0.3 is 14.3 Å². The number of rotatable bonds is 5. The number of methoxy groups -OCH3 is 1. The molecule has 1 atom stereocenters. The molecule has 0 fully saturated rings. The van der Waals surface area contributed by atoms with Gasteiger partial charge in [-0.1, -0.05) is 0 Å². The molecule has 0 spiro atoms. The molecule has 1 aromatic rings. The summed E-state index contributed by atoms with van der Waals surface area (Å²) in [6.45, 7) is 1.73. The minimum atomic E-state index is -0.334. The number of aryl methyl sites for hydroxylation is 1. The molecule has 84 valence electrons. The smallest absolute Gasteiger partial charge is 0.313 e. The van der Waals surface area contributed by atoms with Gasteiger partial charge in [-0.2, -0.15) is 0 Å². The van der Waals surface area contributed by atoms with Gasteiger partial charge in [-0.05, 0) is 25.5 Å². The number of furan rings is 1. The van der Waals surface area contributed by atoms with Gasteiger partial charge in [0.1, 0.15) is 17.9 Å². The molecule has 0 saturated heterocycles. The predicted octanol–water partition coefficient (Wildman–Crippen LogP) is 1.31. The Balaban J connectivity index is 2.45. The molecule has 1 N–H and O–H groups in total. The van der Waals surface area contributed by atoms with Crippen LogP contribution in [0.2, 0.25) is 0 Å². The highest BCUT2D eigenvalue weighted by atomic mass is 16.5. The normalized spacial score (nSPS) is 12.5. The van der Waals surface area contributed by atoms with Crippen LogP contribution in [0.15, 0.2) is 16.5 Å². The van der Waals surface area contributed by atoms with Crippen molar-refractivity contribution in [3.8, 4) is 0 Å². The van der Waals surface area contributed by atoms with E-state index in [1.807, 2.05) is 6.07 Å². The quantitative estimate of drug-likeness (QED) is 0.747. The van der Waals surface area contributed by atoms with Gasteiger partial charge in [0.25, 0.3) is 0 Å². The Morgan fingerprint density at radius 1 is 1.53 bits per heavy atom. The van der Waals surface area contributed by atoms with Crippen LogP contribution < -0.4 is 0 Å². The lowest BCUT2D eigenvalue weighted by Crippen LogP contribution is -2.03. The van der Waals surface area contributed by atoms with Crippen LogP contribution in [0.1, 0.15) is 24.9 Å². The Kier molecular flexibility index (Phi) is 4.37. The first-order chi connectivity index (χ1) is 7.11. The van der Waals surface area contributed by atoms with Crippen LogP contribution in [0.4, 0.5) is 0 Å². The lowest BCUT2D eigenvalue weighted by atomic mass is 10.2. The van der Waals surface area contributed by atoms with E-state index in [2.05, 4.69) is 4.74 Å². The lowest BCUT2D eigenvalue weighted by molar-refractivity contribution is -0.140. The first-order valence-corrected chi connectivity index (χ1v) is 4.94. The van der Waals surface area contributed by atoms with Gasteiger partial charge in [0.15, 0.2) is 0 Å². The Bertz CT molecular complexity index is 314. The average Bonchev–Trinajstić information content (AvgIpc) is 2.62. The van der Waals surface area contributed by atoms with Crippen LogP contribution in [0.25, 0.3) is 0 Å². The number of esters is 1. The molecule has 0 amide bonds. The minimum Gasteiger partial charge on any atom is -0.469 e.